The zero-order valence-corrected chi connectivity index (χ0v) is 19.1. The van der Waals surface area contributed by atoms with Gasteiger partial charge in [-0.15, -0.1) is 0 Å². The van der Waals surface area contributed by atoms with Crippen molar-refractivity contribution in [2.75, 3.05) is 18.9 Å². The van der Waals surface area contributed by atoms with E-state index in [0.717, 1.165) is 9.87 Å². The van der Waals surface area contributed by atoms with Gasteiger partial charge in [-0.3, -0.25) is 4.79 Å². The molecular formula is C23H28N4O3S. The van der Waals surface area contributed by atoms with Crippen molar-refractivity contribution in [2.24, 2.45) is 0 Å². The number of carbonyl (C=O) groups is 1. The minimum atomic E-state index is -3.74. The summed E-state index contributed by atoms with van der Waals surface area (Å²) >= 11 is 0. The Labute approximate surface area is 183 Å². The maximum atomic E-state index is 12.6. The van der Waals surface area contributed by atoms with Crippen LogP contribution in [0.1, 0.15) is 31.9 Å². The van der Waals surface area contributed by atoms with Crippen LogP contribution in [0.25, 0.3) is 0 Å². The van der Waals surface area contributed by atoms with Gasteiger partial charge in [0.2, 0.25) is 15.9 Å². The minimum absolute atomic E-state index is 0.0788. The van der Waals surface area contributed by atoms with E-state index in [0.29, 0.717) is 12.4 Å². The Morgan fingerprint density at radius 3 is 2.29 bits per heavy atom. The van der Waals surface area contributed by atoms with Crippen molar-refractivity contribution in [3.8, 4) is 0 Å². The van der Waals surface area contributed by atoms with Crippen molar-refractivity contribution in [1.29, 1.82) is 0 Å². The molecule has 164 valence electrons. The van der Waals surface area contributed by atoms with E-state index >= 15 is 0 Å². The Morgan fingerprint density at radius 2 is 1.68 bits per heavy atom. The van der Waals surface area contributed by atoms with Crippen LogP contribution >= 0.6 is 0 Å². The molecule has 0 spiro atoms. The topological polar surface area (TPSA) is 84.3 Å². The highest BCUT2D eigenvalue weighted by Crippen LogP contribution is 2.22. The summed E-state index contributed by atoms with van der Waals surface area (Å²) in [5.41, 5.74) is 2.37. The molecule has 1 amide bonds. The molecule has 1 aromatic heterocycles. The Bertz CT molecular complexity index is 1130. The number of benzene rings is 2. The minimum Gasteiger partial charge on any atom is -0.310 e. The SMILES string of the molecule is CN(CC(=O)Nc1ccnn1Cc1ccc(C(C)(C)C)cc1)S(=O)(=O)c1ccccc1. The van der Waals surface area contributed by atoms with Gasteiger partial charge in [-0.2, -0.15) is 9.40 Å². The van der Waals surface area contributed by atoms with E-state index in [2.05, 4.69) is 43.3 Å². The third-order valence-corrected chi connectivity index (χ3v) is 6.77. The molecule has 0 saturated carbocycles. The first-order chi connectivity index (χ1) is 14.6. The van der Waals surface area contributed by atoms with Gasteiger partial charge < -0.3 is 5.32 Å². The smallest absolute Gasteiger partial charge is 0.243 e. The van der Waals surface area contributed by atoms with Crippen LogP contribution in [0.3, 0.4) is 0 Å². The molecular weight excluding hydrogens is 412 g/mol. The molecule has 0 radical (unpaired) electrons. The molecule has 7 nitrogen and oxygen atoms in total. The molecule has 2 aromatic carbocycles. The maximum Gasteiger partial charge on any atom is 0.243 e. The summed E-state index contributed by atoms with van der Waals surface area (Å²) in [6, 6.07) is 18.0. The number of anilines is 1. The molecule has 0 aliphatic rings. The number of carbonyl (C=O) groups excluding carboxylic acids is 1. The fourth-order valence-electron chi connectivity index (χ4n) is 3.09. The van der Waals surface area contributed by atoms with Crippen molar-refractivity contribution >= 4 is 21.7 Å². The van der Waals surface area contributed by atoms with Crippen LogP contribution in [0.5, 0.6) is 0 Å². The largest absolute Gasteiger partial charge is 0.310 e. The van der Waals surface area contributed by atoms with E-state index in [-0.39, 0.29) is 16.9 Å². The van der Waals surface area contributed by atoms with Crippen LogP contribution < -0.4 is 5.32 Å². The van der Waals surface area contributed by atoms with Crippen LogP contribution in [-0.2, 0) is 26.8 Å². The molecule has 8 heteroatoms. The molecule has 0 unspecified atom stereocenters. The molecule has 3 rings (SSSR count). The average Bonchev–Trinajstić information content (AvgIpc) is 3.14. The van der Waals surface area contributed by atoms with Crippen LogP contribution in [0.2, 0.25) is 0 Å². The van der Waals surface area contributed by atoms with Crippen LogP contribution in [0, 0.1) is 0 Å². The number of sulfonamides is 1. The Balaban J connectivity index is 1.65. The predicted octanol–water partition coefficient (Wildman–Crippen LogP) is 3.49. The molecule has 0 fully saturated rings. The van der Waals surface area contributed by atoms with Crippen molar-refractivity contribution < 1.29 is 13.2 Å². The summed E-state index contributed by atoms with van der Waals surface area (Å²) in [6.07, 6.45) is 1.60. The number of likely N-dealkylation sites (N-methyl/N-ethyl adjacent to an activating group) is 1. The molecule has 0 bridgehead atoms. The number of nitrogens with zero attached hydrogens (tertiary/aromatic N) is 3. The highest BCUT2D eigenvalue weighted by Gasteiger charge is 2.23. The van der Waals surface area contributed by atoms with Crippen molar-refractivity contribution in [1.82, 2.24) is 14.1 Å². The first-order valence-electron chi connectivity index (χ1n) is 10.00. The summed E-state index contributed by atoms with van der Waals surface area (Å²) in [7, 11) is -2.35. The van der Waals surface area contributed by atoms with E-state index in [9.17, 15) is 13.2 Å². The monoisotopic (exact) mass is 440 g/mol. The average molecular weight is 441 g/mol. The summed E-state index contributed by atoms with van der Waals surface area (Å²) in [6.45, 7) is 6.68. The van der Waals surface area contributed by atoms with Crippen LogP contribution in [0.4, 0.5) is 5.82 Å². The highest BCUT2D eigenvalue weighted by molar-refractivity contribution is 7.89. The van der Waals surface area contributed by atoms with E-state index in [4.69, 9.17) is 0 Å². The molecule has 3 aromatic rings. The Kier molecular flexibility index (Phi) is 6.62. The molecule has 0 atom stereocenters. The molecule has 0 saturated heterocycles. The van der Waals surface area contributed by atoms with Gasteiger partial charge in [0.05, 0.1) is 24.2 Å². The van der Waals surface area contributed by atoms with Crippen LogP contribution in [0.15, 0.2) is 71.8 Å². The van der Waals surface area contributed by atoms with Gasteiger partial charge >= 0.3 is 0 Å². The normalized spacial score (nSPS) is 12.2. The lowest BCUT2D eigenvalue weighted by Gasteiger charge is -2.19. The van der Waals surface area contributed by atoms with Gasteiger partial charge in [-0.05, 0) is 28.7 Å². The quantitative estimate of drug-likeness (QED) is 0.610. The second-order valence-corrected chi connectivity index (χ2v) is 10.5. The van der Waals surface area contributed by atoms with Gasteiger partial charge in [0, 0.05) is 13.1 Å². The number of amides is 1. The second-order valence-electron chi connectivity index (χ2n) is 8.44. The number of hydrogen-bond donors (Lipinski definition) is 1. The lowest BCUT2D eigenvalue weighted by molar-refractivity contribution is -0.116. The summed E-state index contributed by atoms with van der Waals surface area (Å²) in [4.78, 5) is 12.6. The predicted molar refractivity (Wildman–Crippen MR) is 121 cm³/mol. The first kappa shape index (κ1) is 22.7. The first-order valence-corrected chi connectivity index (χ1v) is 11.4. The van der Waals surface area contributed by atoms with Crippen molar-refractivity contribution in [2.45, 2.75) is 37.6 Å². The van der Waals surface area contributed by atoms with E-state index < -0.39 is 15.9 Å². The van der Waals surface area contributed by atoms with Gasteiger partial charge in [-0.25, -0.2) is 13.1 Å². The number of aromatic nitrogens is 2. The van der Waals surface area contributed by atoms with Gasteiger partial charge in [0.1, 0.15) is 5.82 Å². The fraction of sp³-hybridized carbons (Fsp3) is 0.304. The zero-order valence-electron chi connectivity index (χ0n) is 18.2. The molecule has 0 aliphatic heterocycles. The maximum absolute atomic E-state index is 12.6. The van der Waals surface area contributed by atoms with Crippen molar-refractivity contribution in [3.05, 3.63) is 78.0 Å². The molecule has 1 N–H and O–H groups in total. The zero-order chi connectivity index (χ0) is 22.6. The lowest BCUT2D eigenvalue weighted by atomic mass is 9.87. The Morgan fingerprint density at radius 1 is 1.03 bits per heavy atom. The van der Waals surface area contributed by atoms with E-state index in [1.165, 1.54) is 24.7 Å². The number of nitrogens with one attached hydrogen (secondary N) is 1. The third-order valence-electron chi connectivity index (χ3n) is 4.95. The summed E-state index contributed by atoms with van der Waals surface area (Å²) in [5, 5.41) is 7.04. The summed E-state index contributed by atoms with van der Waals surface area (Å²) < 4.78 is 27.9. The summed E-state index contributed by atoms with van der Waals surface area (Å²) in [5.74, 6) is 0.0715. The third kappa shape index (κ3) is 5.59. The molecule has 0 aliphatic carbocycles. The number of hydrogen-bond acceptors (Lipinski definition) is 4. The van der Waals surface area contributed by atoms with E-state index in [1.54, 1.807) is 35.1 Å². The molecule has 1 heterocycles. The fourth-order valence-corrected chi connectivity index (χ4v) is 4.24. The van der Waals surface area contributed by atoms with Gasteiger partial charge in [-0.1, -0.05) is 63.2 Å². The number of rotatable bonds is 7. The lowest BCUT2D eigenvalue weighted by Crippen LogP contribution is -2.35. The van der Waals surface area contributed by atoms with E-state index in [1.807, 2.05) is 12.1 Å². The second kappa shape index (κ2) is 9.03. The van der Waals surface area contributed by atoms with Crippen molar-refractivity contribution in [3.63, 3.8) is 0 Å². The van der Waals surface area contributed by atoms with Crippen LogP contribution in [-0.4, -0.2) is 42.0 Å². The molecule has 31 heavy (non-hydrogen) atoms. The van der Waals surface area contributed by atoms with Gasteiger partial charge in [0.25, 0.3) is 0 Å². The highest BCUT2D eigenvalue weighted by atomic mass is 32.2. The standard InChI is InChI=1S/C23H28N4O3S/c1-23(2,3)19-12-10-18(11-13-19)16-27-21(14-15-24-27)25-22(28)17-26(4)31(29,30)20-8-6-5-7-9-20/h5-15H,16-17H2,1-4H3,(H,25,28). The Hall–Kier alpha value is -2.97. The van der Waals surface area contributed by atoms with Gasteiger partial charge in [0.15, 0.2) is 0 Å².